The Bertz CT molecular complexity index is 251. The van der Waals surface area contributed by atoms with Crippen molar-refractivity contribution in [3.63, 3.8) is 0 Å². The summed E-state index contributed by atoms with van der Waals surface area (Å²) in [5, 5.41) is 4.31. The van der Waals surface area contributed by atoms with Crippen LogP contribution in [-0.4, -0.2) is 17.3 Å². The van der Waals surface area contributed by atoms with Crippen molar-refractivity contribution in [2.75, 3.05) is 5.33 Å². The molecule has 0 bridgehead atoms. The van der Waals surface area contributed by atoms with Crippen LogP contribution in [0.3, 0.4) is 0 Å². The Kier molecular flexibility index (Phi) is 5.33. The summed E-state index contributed by atoms with van der Waals surface area (Å²) in [5.74, 6) is 1.62. The third-order valence-corrected chi connectivity index (χ3v) is 5.23. The number of amides is 1. The van der Waals surface area contributed by atoms with Crippen LogP contribution in [0.5, 0.6) is 0 Å². The largest absolute Gasteiger partial charge is 0.353 e. The molecule has 2 aliphatic rings. The average molecular weight is 302 g/mol. The van der Waals surface area contributed by atoms with E-state index in [0.717, 1.165) is 11.8 Å². The minimum absolute atomic E-state index is 0.301. The van der Waals surface area contributed by atoms with Crippen molar-refractivity contribution in [3.8, 4) is 0 Å². The van der Waals surface area contributed by atoms with Crippen molar-refractivity contribution in [1.82, 2.24) is 5.32 Å². The fourth-order valence-corrected chi connectivity index (χ4v) is 4.10. The van der Waals surface area contributed by atoms with Crippen molar-refractivity contribution >= 4 is 21.8 Å². The van der Waals surface area contributed by atoms with Gasteiger partial charge in [0.25, 0.3) is 0 Å². The first-order chi connectivity index (χ1) is 8.29. The summed E-state index contributed by atoms with van der Waals surface area (Å²) in [7, 11) is 0. The predicted octanol–water partition coefficient (Wildman–Crippen LogP) is 3.64. The van der Waals surface area contributed by atoms with Crippen LogP contribution in [0.1, 0.15) is 57.8 Å². The number of carbonyl (C=O) groups excluding carboxylic acids is 1. The van der Waals surface area contributed by atoms with Gasteiger partial charge in [-0.05, 0) is 37.5 Å². The molecule has 2 unspecified atom stereocenters. The lowest BCUT2D eigenvalue weighted by Crippen LogP contribution is -2.43. The van der Waals surface area contributed by atoms with Gasteiger partial charge in [-0.25, -0.2) is 0 Å². The van der Waals surface area contributed by atoms with Crippen molar-refractivity contribution in [1.29, 1.82) is 0 Å². The van der Waals surface area contributed by atoms with Gasteiger partial charge in [-0.15, -0.1) is 0 Å². The van der Waals surface area contributed by atoms with Gasteiger partial charge in [-0.1, -0.05) is 41.6 Å². The van der Waals surface area contributed by atoms with Crippen LogP contribution < -0.4 is 5.32 Å². The first-order valence-electron chi connectivity index (χ1n) is 7.15. The lowest BCUT2D eigenvalue weighted by Gasteiger charge is -2.31. The standard InChI is InChI=1S/C14H24BrNO/c15-10-12-7-3-4-8-13(12)16-14(17)9-11-5-1-2-6-11/h11-13H,1-10H2,(H,16,17). The smallest absolute Gasteiger partial charge is 0.220 e. The Morgan fingerprint density at radius 2 is 1.71 bits per heavy atom. The van der Waals surface area contributed by atoms with Crippen molar-refractivity contribution < 1.29 is 4.79 Å². The van der Waals surface area contributed by atoms with E-state index in [1.165, 1.54) is 51.4 Å². The molecule has 0 aromatic rings. The van der Waals surface area contributed by atoms with Gasteiger partial charge in [-0.3, -0.25) is 4.79 Å². The van der Waals surface area contributed by atoms with Gasteiger partial charge in [0.05, 0.1) is 0 Å². The fourth-order valence-electron chi connectivity index (χ4n) is 3.32. The maximum atomic E-state index is 12.0. The molecule has 0 spiro atoms. The monoisotopic (exact) mass is 301 g/mol. The SMILES string of the molecule is O=C(CC1CCCC1)NC1CCCCC1CBr. The lowest BCUT2D eigenvalue weighted by molar-refractivity contribution is -0.123. The second kappa shape index (κ2) is 6.77. The predicted molar refractivity (Wildman–Crippen MR) is 74.3 cm³/mol. The average Bonchev–Trinajstić information content (AvgIpc) is 2.82. The molecule has 2 aliphatic carbocycles. The molecule has 0 aliphatic heterocycles. The highest BCUT2D eigenvalue weighted by Gasteiger charge is 2.26. The summed E-state index contributed by atoms with van der Waals surface area (Å²) in [5.41, 5.74) is 0. The van der Waals surface area contributed by atoms with E-state index in [4.69, 9.17) is 0 Å². The van der Waals surface area contributed by atoms with E-state index in [1.807, 2.05) is 0 Å². The van der Waals surface area contributed by atoms with Crippen molar-refractivity contribution in [2.24, 2.45) is 11.8 Å². The Hall–Kier alpha value is -0.0500. The van der Waals surface area contributed by atoms with E-state index in [1.54, 1.807) is 0 Å². The minimum Gasteiger partial charge on any atom is -0.353 e. The summed E-state index contributed by atoms with van der Waals surface area (Å²) in [4.78, 5) is 12.0. The van der Waals surface area contributed by atoms with Gasteiger partial charge < -0.3 is 5.32 Å². The highest BCUT2D eigenvalue weighted by atomic mass is 79.9. The highest BCUT2D eigenvalue weighted by molar-refractivity contribution is 9.09. The number of hydrogen-bond donors (Lipinski definition) is 1. The number of alkyl halides is 1. The molecule has 2 fully saturated rings. The van der Waals surface area contributed by atoms with Crippen LogP contribution in [0.4, 0.5) is 0 Å². The molecule has 2 nitrogen and oxygen atoms in total. The van der Waals surface area contributed by atoms with Crippen LogP contribution in [-0.2, 0) is 4.79 Å². The Morgan fingerprint density at radius 3 is 2.41 bits per heavy atom. The summed E-state index contributed by atoms with van der Waals surface area (Å²) in [6.07, 6.45) is 11.0. The Morgan fingerprint density at radius 1 is 1.06 bits per heavy atom. The highest BCUT2D eigenvalue weighted by Crippen LogP contribution is 2.29. The first-order valence-corrected chi connectivity index (χ1v) is 8.27. The molecule has 0 saturated heterocycles. The zero-order valence-corrected chi connectivity index (χ0v) is 12.2. The maximum Gasteiger partial charge on any atom is 0.220 e. The maximum absolute atomic E-state index is 12.0. The third-order valence-electron chi connectivity index (χ3n) is 4.40. The van der Waals surface area contributed by atoms with Gasteiger partial charge in [0.1, 0.15) is 0 Å². The van der Waals surface area contributed by atoms with E-state index in [-0.39, 0.29) is 0 Å². The van der Waals surface area contributed by atoms with E-state index >= 15 is 0 Å². The van der Waals surface area contributed by atoms with Crippen LogP contribution in [0.15, 0.2) is 0 Å². The molecular formula is C14H24BrNO. The third kappa shape index (κ3) is 3.97. The summed E-state index contributed by atoms with van der Waals surface area (Å²) in [6.45, 7) is 0. The molecule has 0 aromatic heterocycles. The zero-order chi connectivity index (χ0) is 12.1. The molecule has 2 rings (SSSR count). The molecule has 2 saturated carbocycles. The summed E-state index contributed by atoms with van der Waals surface area (Å²) >= 11 is 3.58. The van der Waals surface area contributed by atoms with Gasteiger partial charge in [-0.2, -0.15) is 0 Å². The lowest BCUT2D eigenvalue weighted by atomic mass is 9.85. The number of rotatable bonds is 4. The second-order valence-electron chi connectivity index (χ2n) is 5.73. The fraction of sp³-hybridized carbons (Fsp3) is 0.929. The van der Waals surface area contributed by atoms with Crippen molar-refractivity contribution in [3.05, 3.63) is 0 Å². The topological polar surface area (TPSA) is 29.1 Å². The van der Waals surface area contributed by atoms with Gasteiger partial charge >= 0.3 is 0 Å². The van der Waals surface area contributed by atoms with Crippen LogP contribution >= 0.6 is 15.9 Å². The van der Waals surface area contributed by atoms with Crippen LogP contribution in [0, 0.1) is 11.8 Å². The van der Waals surface area contributed by atoms with Gasteiger partial charge in [0, 0.05) is 17.8 Å². The van der Waals surface area contributed by atoms with Crippen LogP contribution in [0.2, 0.25) is 0 Å². The number of halogens is 1. The van der Waals surface area contributed by atoms with E-state index in [9.17, 15) is 4.79 Å². The van der Waals surface area contributed by atoms with E-state index < -0.39 is 0 Å². The normalized spacial score (nSPS) is 30.4. The van der Waals surface area contributed by atoms with Crippen LogP contribution in [0.25, 0.3) is 0 Å². The zero-order valence-electron chi connectivity index (χ0n) is 10.6. The van der Waals surface area contributed by atoms with E-state index in [0.29, 0.717) is 23.8 Å². The molecule has 0 aromatic carbocycles. The summed E-state index contributed by atoms with van der Waals surface area (Å²) in [6, 6.07) is 0.428. The van der Waals surface area contributed by atoms with E-state index in [2.05, 4.69) is 21.2 Å². The first kappa shape index (κ1) is 13.4. The minimum atomic E-state index is 0.301. The number of nitrogens with one attached hydrogen (secondary N) is 1. The molecule has 17 heavy (non-hydrogen) atoms. The molecule has 2 atom stereocenters. The molecule has 1 N–H and O–H groups in total. The summed E-state index contributed by atoms with van der Waals surface area (Å²) < 4.78 is 0. The quantitative estimate of drug-likeness (QED) is 0.789. The molecular weight excluding hydrogens is 278 g/mol. The molecule has 0 heterocycles. The Balaban J connectivity index is 1.75. The van der Waals surface area contributed by atoms with Crippen molar-refractivity contribution in [2.45, 2.75) is 63.8 Å². The molecule has 98 valence electrons. The Labute approximate surface area is 113 Å². The number of hydrogen-bond acceptors (Lipinski definition) is 1. The number of carbonyl (C=O) groups is 1. The molecule has 1 amide bonds. The molecule has 3 heteroatoms. The second-order valence-corrected chi connectivity index (χ2v) is 6.37. The van der Waals surface area contributed by atoms with Gasteiger partial charge in [0.15, 0.2) is 0 Å². The molecule has 0 radical (unpaired) electrons. The van der Waals surface area contributed by atoms with Gasteiger partial charge in [0.2, 0.25) is 5.91 Å².